The molecule has 0 amide bonds. The molecule has 0 N–H and O–H groups in total. The van der Waals surface area contributed by atoms with Crippen LogP contribution in [0.25, 0.3) is 0 Å². The lowest BCUT2D eigenvalue weighted by molar-refractivity contribution is -0.118. The zero-order valence-corrected chi connectivity index (χ0v) is 10.1. The number of carbonyl (C=O) groups excluding carboxylic acids is 2. The molecule has 0 bridgehead atoms. The third-order valence-electron chi connectivity index (χ3n) is 2.44. The Morgan fingerprint density at radius 3 is 2.38 bits per heavy atom. The van der Waals surface area contributed by atoms with Gasteiger partial charge in [0.25, 0.3) is 0 Å². The van der Waals surface area contributed by atoms with Crippen LogP contribution in [0.5, 0.6) is 0 Å². The van der Waals surface area contributed by atoms with Crippen molar-refractivity contribution in [2.24, 2.45) is 5.92 Å². The lowest BCUT2D eigenvalue weighted by Crippen LogP contribution is -2.11. The zero-order valence-electron chi connectivity index (χ0n) is 10.1. The van der Waals surface area contributed by atoms with Crippen LogP contribution >= 0.6 is 0 Å². The largest absolute Gasteiger partial charge is 0.299 e. The predicted molar refractivity (Wildman–Crippen MR) is 64.6 cm³/mol. The molecule has 0 spiro atoms. The minimum atomic E-state index is -0.0660. The van der Waals surface area contributed by atoms with Crippen LogP contribution in [0.4, 0.5) is 0 Å². The van der Waals surface area contributed by atoms with E-state index in [4.69, 9.17) is 0 Å². The molecule has 0 aliphatic rings. The van der Waals surface area contributed by atoms with E-state index in [9.17, 15) is 9.59 Å². The van der Waals surface area contributed by atoms with Crippen LogP contribution in [0.1, 0.15) is 42.6 Å². The second-order valence-corrected chi connectivity index (χ2v) is 4.55. The molecule has 1 aromatic carbocycles. The average molecular weight is 218 g/mol. The van der Waals surface area contributed by atoms with E-state index in [-0.39, 0.29) is 18.0 Å². The maximum absolute atomic E-state index is 11.8. The van der Waals surface area contributed by atoms with Crippen LogP contribution in [0.2, 0.25) is 0 Å². The van der Waals surface area contributed by atoms with Gasteiger partial charge in [-0.1, -0.05) is 38.1 Å². The molecule has 1 aromatic rings. The molecule has 2 nitrogen and oxygen atoms in total. The molecule has 16 heavy (non-hydrogen) atoms. The van der Waals surface area contributed by atoms with Gasteiger partial charge in [-0.05, 0) is 18.4 Å². The first-order valence-corrected chi connectivity index (χ1v) is 5.61. The Morgan fingerprint density at radius 1 is 1.19 bits per heavy atom. The number of ketones is 2. The molecule has 0 aliphatic carbocycles. The molecule has 2 heteroatoms. The Kier molecular flexibility index (Phi) is 4.41. The van der Waals surface area contributed by atoms with E-state index >= 15 is 0 Å². The second kappa shape index (κ2) is 5.59. The SMILES string of the molecule is Cc1ccccc1C(=O)CC(=O)CC(C)C. The van der Waals surface area contributed by atoms with Gasteiger partial charge in [0.05, 0.1) is 6.42 Å². The molecule has 0 heterocycles. The van der Waals surface area contributed by atoms with Gasteiger partial charge in [0, 0.05) is 12.0 Å². The highest BCUT2D eigenvalue weighted by Gasteiger charge is 2.14. The summed E-state index contributed by atoms with van der Waals surface area (Å²) in [4.78, 5) is 23.4. The van der Waals surface area contributed by atoms with E-state index in [1.54, 1.807) is 6.07 Å². The molecular formula is C14H18O2. The minimum Gasteiger partial charge on any atom is -0.299 e. The van der Waals surface area contributed by atoms with Crippen molar-refractivity contribution in [3.8, 4) is 0 Å². The summed E-state index contributed by atoms with van der Waals surface area (Å²) in [6, 6.07) is 7.38. The second-order valence-electron chi connectivity index (χ2n) is 4.55. The molecule has 0 saturated heterocycles. The van der Waals surface area contributed by atoms with E-state index in [2.05, 4.69) is 0 Å². The maximum atomic E-state index is 11.8. The molecule has 0 atom stereocenters. The van der Waals surface area contributed by atoms with Crippen molar-refractivity contribution < 1.29 is 9.59 Å². The fourth-order valence-corrected chi connectivity index (χ4v) is 1.69. The van der Waals surface area contributed by atoms with Crippen molar-refractivity contribution in [3.63, 3.8) is 0 Å². The summed E-state index contributed by atoms with van der Waals surface area (Å²) in [5.74, 6) is 0.282. The van der Waals surface area contributed by atoms with Crippen LogP contribution in [0, 0.1) is 12.8 Å². The van der Waals surface area contributed by atoms with E-state index in [1.807, 2.05) is 39.0 Å². The monoisotopic (exact) mass is 218 g/mol. The number of aryl methyl sites for hydroxylation is 1. The van der Waals surface area contributed by atoms with Crippen LogP contribution in [0.15, 0.2) is 24.3 Å². The van der Waals surface area contributed by atoms with Gasteiger partial charge >= 0.3 is 0 Å². The van der Waals surface area contributed by atoms with Crippen molar-refractivity contribution in [2.45, 2.75) is 33.6 Å². The highest BCUT2D eigenvalue weighted by atomic mass is 16.1. The van der Waals surface area contributed by atoms with Gasteiger partial charge in [-0.2, -0.15) is 0 Å². The highest BCUT2D eigenvalue weighted by Crippen LogP contribution is 2.12. The number of hydrogen-bond donors (Lipinski definition) is 0. The van der Waals surface area contributed by atoms with E-state index in [1.165, 1.54) is 0 Å². The molecule has 0 radical (unpaired) electrons. The number of rotatable bonds is 5. The van der Waals surface area contributed by atoms with Crippen molar-refractivity contribution >= 4 is 11.6 Å². The molecule has 86 valence electrons. The third kappa shape index (κ3) is 3.61. The predicted octanol–water partition coefficient (Wildman–Crippen LogP) is 3.18. The van der Waals surface area contributed by atoms with Gasteiger partial charge in [0.1, 0.15) is 5.78 Å². The zero-order chi connectivity index (χ0) is 12.1. The van der Waals surface area contributed by atoms with Gasteiger partial charge in [0.15, 0.2) is 5.78 Å². The summed E-state index contributed by atoms with van der Waals surface area (Å²) in [7, 11) is 0. The summed E-state index contributed by atoms with van der Waals surface area (Å²) >= 11 is 0. The maximum Gasteiger partial charge on any atom is 0.170 e. The Labute approximate surface area is 96.7 Å². The molecule has 0 saturated carbocycles. The standard InChI is InChI=1S/C14H18O2/c1-10(2)8-12(15)9-14(16)13-7-5-4-6-11(13)3/h4-7,10H,8-9H2,1-3H3. The molecule has 0 aliphatic heterocycles. The van der Waals surface area contributed by atoms with Crippen LogP contribution < -0.4 is 0 Å². The van der Waals surface area contributed by atoms with E-state index in [0.717, 1.165) is 5.56 Å². The fraction of sp³-hybridized carbons (Fsp3) is 0.429. The van der Waals surface area contributed by atoms with E-state index in [0.29, 0.717) is 17.9 Å². The highest BCUT2D eigenvalue weighted by molar-refractivity contribution is 6.08. The smallest absolute Gasteiger partial charge is 0.170 e. The first kappa shape index (κ1) is 12.6. The summed E-state index contributed by atoms with van der Waals surface area (Å²) < 4.78 is 0. The normalized spacial score (nSPS) is 10.5. The van der Waals surface area contributed by atoms with E-state index < -0.39 is 0 Å². The van der Waals surface area contributed by atoms with Crippen LogP contribution in [-0.2, 0) is 4.79 Å². The van der Waals surface area contributed by atoms with Crippen molar-refractivity contribution in [1.82, 2.24) is 0 Å². The quantitative estimate of drug-likeness (QED) is 0.562. The summed E-state index contributed by atoms with van der Waals surface area (Å²) in [5.41, 5.74) is 1.60. The van der Waals surface area contributed by atoms with Gasteiger partial charge < -0.3 is 0 Å². The lowest BCUT2D eigenvalue weighted by atomic mass is 9.98. The Balaban J connectivity index is 2.66. The molecule has 1 rings (SSSR count). The van der Waals surface area contributed by atoms with Crippen molar-refractivity contribution in [3.05, 3.63) is 35.4 Å². The summed E-state index contributed by atoms with van der Waals surface area (Å²) in [5, 5.41) is 0. The fourth-order valence-electron chi connectivity index (χ4n) is 1.69. The minimum absolute atomic E-state index is 0.0308. The van der Waals surface area contributed by atoms with Gasteiger partial charge in [0.2, 0.25) is 0 Å². The Bertz CT molecular complexity index is 391. The Morgan fingerprint density at radius 2 is 1.81 bits per heavy atom. The lowest BCUT2D eigenvalue weighted by Gasteiger charge is -2.05. The molecule has 0 fully saturated rings. The first-order chi connectivity index (χ1) is 7.50. The number of hydrogen-bond acceptors (Lipinski definition) is 2. The number of carbonyl (C=O) groups is 2. The topological polar surface area (TPSA) is 34.1 Å². The van der Waals surface area contributed by atoms with Gasteiger partial charge in [-0.15, -0.1) is 0 Å². The molecule has 0 aromatic heterocycles. The van der Waals surface area contributed by atoms with Gasteiger partial charge in [-0.3, -0.25) is 9.59 Å². The molecule has 0 unspecified atom stereocenters. The van der Waals surface area contributed by atoms with Crippen molar-refractivity contribution in [1.29, 1.82) is 0 Å². The van der Waals surface area contributed by atoms with Crippen LogP contribution in [-0.4, -0.2) is 11.6 Å². The Hall–Kier alpha value is -1.44. The van der Waals surface area contributed by atoms with Crippen molar-refractivity contribution in [2.75, 3.05) is 0 Å². The summed E-state index contributed by atoms with van der Waals surface area (Å²) in [6.45, 7) is 5.85. The first-order valence-electron chi connectivity index (χ1n) is 5.61. The number of benzene rings is 1. The van der Waals surface area contributed by atoms with Gasteiger partial charge in [-0.25, -0.2) is 0 Å². The summed E-state index contributed by atoms with van der Waals surface area (Å²) in [6.07, 6.45) is 0.515. The third-order valence-corrected chi connectivity index (χ3v) is 2.44. The average Bonchev–Trinajstić information content (AvgIpc) is 2.16. The molecular weight excluding hydrogens is 200 g/mol. The number of Topliss-reactive ketones (excluding diaryl/α,β-unsaturated/α-hetero) is 2. The van der Waals surface area contributed by atoms with Crippen LogP contribution in [0.3, 0.4) is 0 Å².